The van der Waals surface area contributed by atoms with E-state index in [0.717, 1.165) is 5.56 Å². The lowest BCUT2D eigenvalue weighted by Crippen LogP contribution is -2.36. The van der Waals surface area contributed by atoms with Gasteiger partial charge in [-0.1, -0.05) is 54.1 Å². The molecule has 0 aliphatic rings. The zero-order chi connectivity index (χ0) is 17.5. The summed E-state index contributed by atoms with van der Waals surface area (Å²) in [5, 5.41) is 6.14. The molecule has 0 saturated carbocycles. The van der Waals surface area contributed by atoms with Crippen LogP contribution in [-0.4, -0.2) is 17.9 Å². The Morgan fingerprint density at radius 1 is 0.958 bits per heavy atom. The molecule has 0 spiro atoms. The third kappa shape index (κ3) is 5.10. The first kappa shape index (κ1) is 18.0. The summed E-state index contributed by atoms with van der Waals surface area (Å²) in [5.41, 5.74) is 1.26. The first-order chi connectivity index (χ1) is 11.5. The molecule has 5 heteroatoms. The summed E-state index contributed by atoms with van der Waals surface area (Å²) < 4.78 is 0. The average molecular weight is 345 g/mol. The lowest BCUT2D eigenvalue weighted by Gasteiger charge is -2.20. The molecule has 0 fully saturated rings. The zero-order valence-electron chi connectivity index (χ0n) is 13.8. The Kier molecular flexibility index (Phi) is 6.38. The van der Waals surface area contributed by atoms with E-state index >= 15 is 0 Å². The lowest BCUT2D eigenvalue weighted by molar-refractivity contribution is -0.122. The molecule has 0 radical (unpaired) electrons. The van der Waals surface area contributed by atoms with E-state index in [1.807, 2.05) is 44.2 Å². The second-order valence-corrected chi connectivity index (χ2v) is 6.25. The van der Waals surface area contributed by atoms with Crippen LogP contribution in [0.2, 0.25) is 5.02 Å². The second-order valence-electron chi connectivity index (χ2n) is 5.84. The molecule has 0 aliphatic carbocycles. The van der Waals surface area contributed by atoms with E-state index < -0.39 is 6.04 Å². The van der Waals surface area contributed by atoms with E-state index in [1.54, 1.807) is 24.3 Å². The number of amides is 2. The smallest absolute Gasteiger partial charge is 0.253 e. The number of carbonyl (C=O) groups is 2. The fourth-order valence-electron chi connectivity index (χ4n) is 2.39. The predicted molar refractivity (Wildman–Crippen MR) is 96.0 cm³/mol. The van der Waals surface area contributed by atoms with E-state index in [4.69, 9.17) is 11.6 Å². The van der Waals surface area contributed by atoms with Crippen molar-refractivity contribution in [2.24, 2.45) is 0 Å². The van der Waals surface area contributed by atoms with Crippen LogP contribution in [0.3, 0.4) is 0 Å². The molecule has 0 heterocycles. The van der Waals surface area contributed by atoms with Crippen LogP contribution in [0.15, 0.2) is 54.6 Å². The highest BCUT2D eigenvalue weighted by atomic mass is 35.5. The van der Waals surface area contributed by atoms with E-state index in [0.29, 0.717) is 10.6 Å². The average Bonchev–Trinajstić information content (AvgIpc) is 2.54. The van der Waals surface area contributed by atoms with Crippen molar-refractivity contribution in [2.75, 3.05) is 0 Å². The summed E-state index contributed by atoms with van der Waals surface area (Å²) in [6.45, 7) is 3.80. The molecule has 126 valence electrons. The minimum absolute atomic E-state index is 0.0493. The molecule has 2 amide bonds. The predicted octanol–water partition coefficient (Wildman–Crippen LogP) is 3.73. The van der Waals surface area contributed by atoms with E-state index in [1.165, 1.54) is 0 Å². The van der Waals surface area contributed by atoms with Crippen LogP contribution in [0.1, 0.15) is 42.2 Å². The standard InChI is InChI=1S/C19H21ClN2O2/c1-13(2)21-18(23)12-17(14-8-4-3-5-9-14)22-19(24)15-10-6-7-11-16(15)20/h3-11,13,17H,12H2,1-2H3,(H,21,23)(H,22,24). The van der Waals surface area contributed by atoms with Crippen molar-refractivity contribution in [2.45, 2.75) is 32.4 Å². The Balaban J connectivity index is 2.18. The highest BCUT2D eigenvalue weighted by Gasteiger charge is 2.20. The molecular weight excluding hydrogens is 324 g/mol. The number of rotatable bonds is 6. The van der Waals surface area contributed by atoms with Crippen LogP contribution >= 0.6 is 11.6 Å². The molecule has 0 aliphatic heterocycles. The molecule has 2 rings (SSSR count). The number of hydrogen-bond acceptors (Lipinski definition) is 2. The number of hydrogen-bond donors (Lipinski definition) is 2. The van der Waals surface area contributed by atoms with Gasteiger partial charge in [0, 0.05) is 6.04 Å². The number of benzene rings is 2. The van der Waals surface area contributed by atoms with Gasteiger partial charge in [0.2, 0.25) is 5.91 Å². The van der Waals surface area contributed by atoms with Gasteiger partial charge in [-0.3, -0.25) is 9.59 Å². The van der Waals surface area contributed by atoms with Gasteiger partial charge in [-0.15, -0.1) is 0 Å². The van der Waals surface area contributed by atoms with Crippen molar-refractivity contribution in [1.29, 1.82) is 0 Å². The highest BCUT2D eigenvalue weighted by Crippen LogP contribution is 2.20. The van der Waals surface area contributed by atoms with Crippen molar-refractivity contribution < 1.29 is 9.59 Å². The monoisotopic (exact) mass is 344 g/mol. The number of halogens is 1. The van der Waals surface area contributed by atoms with Gasteiger partial charge in [-0.05, 0) is 31.5 Å². The summed E-state index contributed by atoms with van der Waals surface area (Å²) in [5.74, 6) is -0.412. The van der Waals surface area contributed by atoms with Crippen molar-refractivity contribution in [3.05, 3.63) is 70.7 Å². The van der Waals surface area contributed by atoms with Gasteiger partial charge < -0.3 is 10.6 Å². The van der Waals surface area contributed by atoms with Gasteiger partial charge >= 0.3 is 0 Å². The van der Waals surface area contributed by atoms with Crippen LogP contribution in [0.25, 0.3) is 0 Å². The van der Waals surface area contributed by atoms with Crippen LogP contribution in [-0.2, 0) is 4.79 Å². The maximum absolute atomic E-state index is 12.5. The molecule has 4 nitrogen and oxygen atoms in total. The lowest BCUT2D eigenvalue weighted by atomic mass is 10.0. The van der Waals surface area contributed by atoms with Gasteiger partial charge in [0.05, 0.1) is 23.0 Å². The number of nitrogens with one attached hydrogen (secondary N) is 2. The van der Waals surface area contributed by atoms with Crippen molar-refractivity contribution in [1.82, 2.24) is 10.6 Å². The summed E-state index contributed by atoms with van der Waals surface area (Å²) >= 11 is 6.08. The molecule has 0 bridgehead atoms. The zero-order valence-corrected chi connectivity index (χ0v) is 14.5. The van der Waals surface area contributed by atoms with Gasteiger partial charge in [-0.25, -0.2) is 0 Å². The molecule has 0 aromatic heterocycles. The summed E-state index contributed by atoms with van der Waals surface area (Å²) in [6, 6.07) is 15.9. The maximum Gasteiger partial charge on any atom is 0.253 e. The molecule has 0 saturated heterocycles. The summed E-state index contributed by atoms with van der Waals surface area (Å²) in [6.07, 6.45) is 0.165. The fourth-order valence-corrected chi connectivity index (χ4v) is 2.61. The van der Waals surface area contributed by atoms with Crippen molar-refractivity contribution in [3.8, 4) is 0 Å². The van der Waals surface area contributed by atoms with Crippen LogP contribution in [0, 0.1) is 0 Å². The fraction of sp³-hybridized carbons (Fsp3) is 0.263. The Hall–Kier alpha value is -2.33. The normalized spacial score (nSPS) is 11.8. The van der Waals surface area contributed by atoms with E-state index in [9.17, 15) is 9.59 Å². The maximum atomic E-state index is 12.5. The number of carbonyl (C=O) groups excluding carboxylic acids is 2. The highest BCUT2D eigenvalue weighted by molar-refractivity contribution is 6.33. The Morgan fingerprint density at radius 3 is 2.21 bits per heavy atom. The van der Waals surface area contributed by atoms with Gasteiger partial charge in [-0.2, -0.15) is 0 Å². The Bertz CT molecular complexity index is 702. The third-order valence-electron chi connectivity index (χ3n) is 3.46. The van der Waals surface area contributed by atoms with Crippen LogP contribution in [0.4, 0.5) is 0 Å². The van der Waals surface area contributed by atoms with Gasteiger partial charge in [0.1, 0.15) is 0 Å². The van der Waals surface area contributed by atoms with Crippen molar-refractivity contribution >= 4 is 23.4 Å². The molecule has 24 heavy (non-hydrogen) atoms. The van der Waals surface area contributed by atoms with Crippen LogP contribution in [0.5, 0.6) is 0 Å². The van der Waals surface area contributed by atoms with Crippen molar-refractivity contribution in [3.63, 3.8) is 0 Å². The molecule has 1 atom stereocenters. The Morgan fingerprint density at radius 2 is 1.58 bits per heavy atom. The molecular formula is C19H21ClN2O2. The minimum Gasteiger partial charge on any atom is -0.354 e. The van der Waals surface area contributed by atoms with Crippen LogP contribution < -0.4 is 10.6 Å². The summed E-state index contributed by atoms with van der Waals surface area (Å²) in [7, 11) is 0. The topological polar surface area (TPSA) is 58.2 Å². The minimum atomic E-state index is -0.422. The first-order valence-corrected chi connectivity index (χ1v) is 8.25. The Labute approximate surface area is 147 Å². The molecule has 2 N–H and O–H groups in total. The SMILES string of the molecule is CC(C)NC(=O)CC(NC(=O)c1ccccc1Cl)c1ccccc1. The first-order valence-electron chi connectivity index (χ1n) is 7.87. The largest absolute Gasteiger partial charge is 0.354 e. The van der Waals surface area contributed by atoms with Gasteiger partial charge in [0.15, 0.2) is 0 Å². The molecule has 1 unspecified atom stereocenters. The molecule has 2 aromatic rings. The quantitative estimate of drug-likeness (QED) is 0.839. The summed E-state index contributed by atoms with van der Waals surface area (Å²) in [4.78, 5) is 24.7. The molecule has 2 aromatic carbocycles. The van der Waals surface area contributed by atoms with Gasteiger partial charge in [0.25, 0.3) is 5.91 Å². The third-order valence-corrected chi connectivity index (χ3v) is 3.79. The van der Waals surface area contributed by atoms with E-state index in [2.05, 4.69) is 10.6 Å². The van der Waals surface area contributed by atoms with E-state index in [-0.39, 0.29) is 24.3 Å². The second kappa shape index (κ2) is 8.50.